The van der Waals surface area contributed by atoms with Crippen LogP contribution in [-0.4, -0.2) is 45.9 Å². The van der Waals surface area contributed by atoms with E-state index in [2.05, 4.69) is 9.88 Å². The van der Waals surface area contributed by atoms with Gasteiger partial charge in [0.1, 0.15) is 0 Å². The van der Waals surface area contributed by atoms with Crippen molar-refractivity contribution in [2.24, 2.45) is 0 Å². The third kappa shape index (κ3) is 3.73. The zero-order valence-electron chi connectivity index (χ0n) is 16.0. The van der Waals surface area contributed by atoms with Crippen molar-refractivity contribution in [3.05, 3.63) is 66.8 Å². The first-order valence-electron chi connectivity index (χ1n) is 9.27. The van der Waals surface area contributed by atoms with Crippen LogP contribution in [0, 0.1) is 0 Å². The third-order valence-corrected chi connectivity index (χ3v) is 4.67. The summed E-state index contributed by atoms with van der Waals surface area (Å²) in [6.45, 7) is 0.902. The molecule has 28 heavy (non-hydrogen) atoms. The number of benzene rings is 1. The fraction of sp³-hybridized carbons (Fsp3) is 0.227. The van der Waals surface area contributed by atoms with Gasteiger partial charge in [0.15, 0.2) is 11.4 Å². The molecule has 6 nitrogen and oxygen atoms in total. The topological polar surface area (TPSA) is 63.6 Å². The SMILES string of the molecule is CN(C)CCCC(=O)c1cccc(-c2cnc3ccc(-c4ccoc4)nn23)c1. The van der Waals surface area contributed by atoms with Crippen molar-refractivity contribution in [2.75, 3.05) is 20.6 Å². The Morgan fingerprint density at radius 3 is 2.82 bits per heavy atom. The highest BCUT2D eigenvalue weighted by Crippen LogP contribution is 2.24. The molecule has 1 aromatic carbocycles. The predicted molar refractivity (Wildman–Crippen MR) is 108 cm³/mol. The van der Waals surface area contributed by atoms with Gasteiger partial charge in [0, 0.05) is 23.1 Å². The molecule has 0 bridgehead atoms. The lowest BCUT2D eigenvalue weighted by Gasteiger charge is -2.09. The van der Waals surface area contributed by atoms with Crippen LogP contribution >= 0.6 is 0 Å². The third-order valence-electron chi connectivity index (χ3n) is 4.67. The second-order valence-electron chi connectivity index (χ2n) is 7.05. The van der Waals surface area contributed by atoms with Crippen LogP contribution < -0.4 is 0 Å². The van der Waals surface area contributed by atoms with Gasteiger partial charge in [-0.1, -0.05) is 18.2 Å². The molecule has 0 N–H and O–H groups in total. The molecule has 0 aliphatic heterocycles. The summed E-state index contributed by atoms with van der Waals surface area (Å²) in [4.78, 5) is 19.1. The van der Waals surface area contributed by atoms with Crippen molar-refractivity contribution in [2.45, 2.75) is 12.8 Å². The van der Waals surface area contributed by atoms with E-state index in [4.69, 9.17) is 9.52 Å². The van der Waals surface area contributed by atoms with E-state index < -0.39 is 0 Å². The molecular weight excluding hydrogens is 352 g/mol. The van der Waals surface area contributed by atoms with Crippen molar-refractivity contribution >= 4 is 11.4 Å². The van der Waals surface area contributed by atoms with E-state index in [0.29, 0.717) is 6.42 Å². The summed E-state index contributed by atoms with van der Waals surface area (Å²) in [5.41, 5.74) is 4.95. The standard InChI is InChI=1S/C22H22N4O2/c1-25(2)11-4-7-21(27)17-6-3-5-16(13-17)20-14-23-22-9-8-19(24-26(20)22)18-10-12-28-15-18/h3,5-6,8-10,12-15H,4,7,11H2,1-2H3. The van der Waals surface area contributed by atoms with Gasteiger partial charge in [-0.15, -0.1) is 0 Å². The average Bonchev–Trinajstić information content (AvgIpc) is 3.37. The fourth-order valence-corrected chi connectivity index (χ4v) is 3.19. The zero-order valence-corrected chi connectivity index (χ0v) is 16.0. The molecule has 4 aromatic rings. The smallest absolute Gasteiger partial charge is 0.162 e. The Bertz CT molecular complexity index is 1100. The number of hydrogen-bond donors (Lipinski definition) is 0. The summed E-state index contributed by atoms with van der Waals surface area (Å²) >= 11 is 0. The van der Waals surface area contributed by atoms with E-state index in [9.17, 15) is 4.79 Å². The van der Waals surface area contributed by atoms with E-state index in [1.54, 1.807) is 23.2 Å². The van der Waals surface area contributed by atoms with E-state index in [1.807, 2.05) is 56.6 Å². The summed E-state index contributed by atoms with van der Waals surface area (Å²) in [5, 5.41) is 4.70. The van der Waals surface area contributed by atoms with Gasteiger partial charge in [0.05, 0.1) is 30.1 Å². The van der Waals surface area contributed by atoms with Crippen LogP contribution in [0.4, 0.5) is 0 Å². The maximum absolute atomic E-state index is 12.6. The largest absolute Gasteiger partial charge is 0.472 e. The number of ketones is 1. The Morgan fingerprint density at radius 1 is 1.14 bits per heavy atom. The number of nitrogens with zero attached hydrogens (tertiary/aromatic N) is 4. The van der Waals surface area contributed by atoms with Crippen LogP contribution in [0.15, 0.2) is 65.6 Å². The Balaban J connectivity index is 1.65. The number of carbonyl (C=O) groups excluding carboxylic acids is 1. The van der Waals surface area contributed by atoms with E-state index in [-0.39, 0.29) is 5.78 Å². The minimum atomic E-state index is 0.157. The molecule has 0 amide bonds. The highest BCUT2D eigenvalue weighted by Gasteiger charge is 2.12. The number of rotatable bonds is 7. The van der Waals surface area contributed by atoms with Crippen LogP contribution in [0.25, 0.3) is 28.2 Å². The molecule has 0 radical (unpaired) electrons. The normalized spacial score (nSPS) is 11.4. The highest BCUT2D eigenvalue weighted by molar-refractivity contribution is 5.97. The molecule has 0 unspecified atom stereocenters. The van der Waals surface area contributed by atoms with Gasteiger partial charge in [-0.25, -0.2) is 9.50 Å². The second-order valence-corrected chi connectivity index (χ2v) is 7.05. The molecule has 0 aliphatic carbocycles. The number of aromatic nitrogens is 3. The Morgan fingerprint density at radius 2 is 2.04 bits per heavy atom. The van der Waals surface area contributed by atoms with E-state index in [1.165, 1.54) is 0 Å². The predicted octanol–water partition coefficient (Wildman–Crippen LogP) is 4.18. The lowest BCUT2D eigenvalue weighted by Crippen LogP contribution is -2.14. The molecule has 0 atom stereocenters. The quantitative estimate of drug-likeness (QED) is 0.454. The molecule has 3 aromatic heterocycles. The number of carbonyl (C=O) groups is 1. The van der Waals surface area contributed by atoms with Gasteiger partial charge in [0.2, 0.25) is 0 Å². The summed E-state index contributed by atoms with van der Waals surface area (Å²) in [7, 11) is 4.03. The van der Waals surface area contributed by atoms with Crippen LogP contribution in [0.5, 0.6) is 0 Å². The number of imidazole rings is 1. The number of fused-ring (bicyclic) bond motifs is 1. The molecule has 0 saturated heterocycles. The molecule has 142 valence electrons. The molecule has 0 spiro atoms. The first-order chi connectivity index (χ1) is 13.6. The number of hydrogen-bond acceptors (Lipinski definition) is 5. The number of Topliss-reactive ketones (excluding diaryl/α,β-unsaturated/α-hetero) is 1. The van der Waals surface area contributed by atoms with Gasteiger partial charge in [-0.2, -0.15) is 5.10 Å². The number of furan rings is 1. The zero-order chi connectivity index (χ0) is 19.5. The molecule has 3 heterocycles. The second kappa shape index (κ2) is 7.78. The Kier molecular flexibility index (Phi) is 5.04. The monoisotopic (exact) mass is 374 g/mol. The molecule has 0 fully saturated rings. The first kappa shape index (κ1) is 18.1. The minimum Gasteiger partial charge on any atom is -0.472 e. The van der Waals surface area contributed by atoms with Crippen molar-refractivity contribution < 1.29 is 9.21 Å². The lowest BCUT2D eigenvalue weighted by molar-refractivity contribution is 0.0977. The lowest BCUT2D eigenvalue weighted by atomic mass is 10.0. The summed E-state index contributed by atoms with van der Waals surface area (Å²) in [6.07, 6.45) is 6.47. The maximum Gasteiger partial charge on any atom is 0.162 e. The molecule has 0 aliphatic rings. The van der Waals surface area contributed by atoms with Crippen molar-refractivity contribution in [1.29, 1.82) is 0 Å². The fourth-order valence-electron chi connectivity index (χ4n) is 3.19. The summed E-state index contributed by atoms with van der Waals surface area (Å²) < 4.78 is 6.96. The average molecular weight is 374 g/mol. The van der Waals surface area contributed by atoms with Gasteiger partial charge in [-0.05, 0) is 51.3 Å². The van der Waals surface area contributed by atoms with Gasteiger partial charge in [0.25, 0.3) is 0 Å². The van der Waals surface area contributed by atoms with E-state index >= 15 is 0 Å². The van der Waals surface area contributed by atoms with Crippen molar-refractivity contribution in [3.63, 3.8) is 0 Å². The Hall–Kier alpha value is -3.25. The summed E-state index contributed by atoms with van der Waals surface area (Å²) in [5.74, 6) is 0.157. The van der Waals surface area contributed by atoms with Gasteiger partial charge in [-0.3, -0.25) is 4.79 Å². The van der Waals surface area contributed by atoms with Gasteiger partial charge >= 0.3 is 0 Å². The maximum atomic E-state index is 12.6. The van der Waals surface area contributed by atoms with Crippen LogP contribution in [0.3, 0.4) is 0 Å². The van der Waals surface area contributed by atoms with Crippen molar-refractivity contribution in [3.8, 4) is 22.5 Å². The minimum absolute atomic E-state index is 0.157. The van der Waals surface area contributed by atoms with Crippen LogP contribution in [0.1, 0.15) is 23.2 Å². The van der Waals surface area contributed by atoms with Gasteiger partial charge < -0.3 is 9.32 Å². The first-order valence-corrected chi connectivity index (χ1v) is 9.27. The highest BCUT2D eigenvalue weighted by atomic mass is 16.3. The van der Waals surface area contributed by atoms with E-state index in [0.717, 1.165) is 46.7 Å². The van der Waals surface area contributed by atoms with Crippen LogP contribution in [0.2, 0.25) is 0 Å². The molecular formula is C22H22N4O2. The Labute approximate surface area is 163 Å². The van der Waals surface area contributed by atoms with Crippen molar-refractivity contribution in [1.82, 2.24) is 19.5 Å². The molecule has 4 rings (SSSR count). The molecule has 0 saturated carbocycles. The summed E-state index contributed by atoms with van der Waals surface area (Å²) in [6, 6.07) is 13.4. The van der Waals surface area contributed by atoms with Crippen LogP contribution in [-0.2, 0) is 0 Å². The molecule has 6 heteroatoms.